The molecule has 1 atom stereocenters. The van der Waals surface area contributed by atoms with Gasteiger partial charge in [0.2, 0.25) is 0 Å². The van der Waals surface area contributed by atoms with Crippen molar-refractivity contribution in [3.63, 3.8) is 0 Å². The van der Waals surface area contributed by atoms with Crippen molar-refractivity contribution >= 4 is 19.0 Å². The summed E-state index contributed by atoms with van der Waals surface area (Å²) in [5.41, 5.74) is 3.15. The first-order valence-corrected chi connectivity index (χ1v) is 14.9. The zero-order valence-corrected chi connectivity index (χ0v) is 20.2. The van der Waals surface area contributed by atoms with Gasteiger partial charge in [-0.3, -0.25) is 9.69 Å². The molecule has 0 amide bonds. The van der Waals surface area contributed by atoms with Crippen LogP contribution in [0.3, 0.4) is 0 Å². The van der Waals surface area contributed by atoms with Gasteiger partial charge >= 0.3 is 0 Å². The van der Waals surface area contributed by atoms with Crippen LogP contribution in [0.4, 0.5) is 0 Å². The number of nitrogens with zero attached hydrogens (tertiary/aromatic N) is 2. The number of rotatable bonds is 8. The van der Waals surface area contributed by atoms with Crippen molar-refractivity contribution in [3.8, 4) is 0 Å². The zero-order chi connectivity index (χ0) is 21.2. The standard InChI is InChI=1S/C23H39N3O2Si/c1-17(2)21-13-24-23(27)22-20(21)12-19(15-25-9-7-8-18(3)14-25)26(22)16-28-10-11-29(4,5)6/h12-13,17-18H,7-11,14-16H2,1-6H3,(H,24,27)/t18-/m0/s1. The number of pyridine rings is 1. The van der Waals surface area contributed by atoms with Gasteiger partial charge in [-0.25, -0.2) is 0 Å². The molecule has 0 radical (unpaired) electrons. The van der Waals surface area contributed by atoms with Gasteiger partial charge in [0.1, 0.15) is 12.2 Å². The molecule has 1 aliphatic rings. The van der Waals surface area contributed by atoms with E-state index in [0.29, 0.717) is 12.6 Å². The predicted molar refractivity (Wildman–Crippen MR) is 124 cm³/mol. The van der Waals surface area contributed by atoms with Crippen LogP contribution < -0.4 is 5.56 Å². The lowest BCUT2D eigenvalue weighted by molar-refractivity contribution is 0.0848. The zero-order valence-electron chi connectivity index (χ0n) is 19.2. The van der Waals surface area contributed by atoms with E-state index in [-0.39, 0.29) is 5.56 Å². The Morgan fingerprint density at radius 1 is 1.31 bits per heavy atom. The first-order valence-electron chi connectivity index (χ1n) is 11.2. The number of aromatic amines is 1. The first kappa shape index (κ1) is 22.3. The molecule has 0 spiro atoms. The van der Waals surface area contributed by atoms with Crippen LogP contribution in [0.1, 0.15) is 50.8 Å². The van der Waals surface area contributed by atoms with Gasteiger partial charge in [0.25, 0.3) is 5.56 Å². The molecular weight excluding hydrogens is 378 g/mol. The van der Waals surface area contributed by atoms with Crippen LogP contribution in [-0.4, -0.2) is 42.2 Å². The summed E-state index contributed by atoms with van der Waals surface area (Å²) in [7, 11) is -1.13. The van der Waals surface area contributed by atoms with Gasteiger partial charge in [-0.05, 0) is 48.9 Å². The second-order valence-electron chi connectivity index (χ2n) is 10.4. The fraction of sp³-hybridized carbons (Fsp3) is 0.696. The molecule has 6 heteroatoms. The Balaban J connectivity index is 1.93. The van der Waals surface area contributed by atoms with Crippen molar-refractivity contribution in [2.24, 2.45) is 5.92 Å². The number of fused-ring (bicyclic) bond motifs is 1. The monoisotopic (exact) mass is 417 g/mol. The Labute approximate surface area is 176 Å². The predicted octanol–water partition coefficient (Wildman–Crippen LogP) is 5.00. The molecule has 0 aromatic carbocycles. The Morgan fingerprint density at radius 2 is 2.07 bits per heavy atom. The van der Waals surface area contributed by atoms with Crippen molar-refractivity contribution < 1.29 is 4.74 Å². The van der Waals surface area contributed by atoms with Gasteiger partial charge in [-0.2, -0.15) is 0 Å². The molecule has 2 aromatic rings. The molecular formula is C23H39N3O2Si. The normalized spacial score (nSPS) is 18.8. The SMILES string of the molecule is CC(C)c1c[nH]c(=O)c2c1cc(CN1CCC[C@H](C)C1)n2COCC[Si](C)(C)C. The summed E-state index contributed by atoms with van der Waals surface area (Å²) in [6, 6.07) is 3.37. The van der Waals surface area contributed by atoms with Gasteiger partial charge in [0, 0.05) is 45.0 Å². The van der Waals surface area contributed by atoms with Crippen LogP contribution in [0, 0.1) is 5.92 Å². The van der Waals surface area contributed by atoms with Crippen molar-refractivity contribution in [1.82, 2.24) is 14.5 Å². The Kier molecular flexibility index (Phi) is 7.07. The fourth-order valence-corrected chi connectivity index (χ4v) is 5.06. The van der Waals surface area contributed by atoms with E-state index in [0.717, 1.165) is 49.1 Å². The molecule has 3 rings (SSSR count). The number of aromatic nitrogens is 2. The topological polar surface area (TPSA) is 50.3 Å². The number of likely N-dealkylation sites (tertiary alicyclic amines) is 1. The molecule has 0 unspecified atom stereocenters. The molecule has 0 saturated carbocycles. The lowest BCUT2D eigenvalue weighted by Gasteiger charge is -2.31. The van der Waals surface area contributed by atoms with Gasteiger partial charge in [0.15, 0.2) is 0 Å². The fourth-order valence-electron chi connectivity index (χ4n) is 4.31. The minimum absolute atomic E-state index is 0.0172. The van der Waals surface area contributed by atoms with Crippen LogP contribution in [0.5, 0.6) is 0 Å². The van der Waals surface area contributed by atoms with E-state index in [2.05, 4.69) is 60.9 Å². The summed E-state index contributed by atoms with van der Waals surface area (Å²) in [5, 5.41) is 1.08. The number of piperidine rings is 1. The van der Waals surface area contributed by atoms with E-state index in [9.17, 15) is 4.79 Å². The van der Waals surface area contributed by atoms with Gasteiger partial charge in [-0.15, -0.1) is 0 Å². The van der Waals surface area contributed by atoms with E-state index in [4.69, 9.17) is 4.74 Å². The van der Waals surface area contributed by atoms with Crippen molar-refractivity contribution in [3.05, 3.63) is 33.9 Å². The number of nitrogens with one attached hydrogen (secondary N) is 1. The number of ether oxygens (including phenoxy) is 1. The van der Waals surface area contributed by atoms with Gasteiger partial charge < -0.3 is 14.3 Å². The van der Waals surface area contributed by atoms with Crippen molar-refractivity contribution in [2.45, 2.75) is 78.5 Å². The third-order valence-electron chi connectivity index (χ3n) is 6.03. The van der Waals surface area contributed by atoms with Crippen molar-refractivity contribution in [2.75, 3.05) is 19.7 Å². The Hall–Kier alpha value is -1.37. The molecule has 2 aromatic heterocycles. The summed E-state index contributed by atoms with van der Waals surface area (Å²) in [5.74, 6) is 1.10. The molecule has 5 nitrogen and oxygen atoms in total. The van der Waals surface area contributed by atoms with Crippen molar-refractivity contribution in [1.29, 1.82) is 0 Å². The summed E-state index contributed by atoms with van der Waals surface area (Å²) >= 11 is 0. The average molecular weight is 418 g/mol. The molecule has 1 N–H and O–H groups in total. The maximum absolute atomic E-state index is 12.8. The lowest BCUT2D eigenvalue weighted by Crippen LogP contribution is -2.34. The molecule has 1 saturated heterocycles. The van der Waals surface area contributed by atoms with Crippen LogP contribution in [0.25, 0.3) is 10.9 Å². The van der Waals surface area contributed by atoms with E-state index in [1.54, 1.807) is 0 Å². The molecule has 3 heterocycles. The van der Waals surface area contributed by atoms with E-state index >= 15 is 0 Å². The quantitative estimate of drug-likeness (QED) is 0.486. The highest BCUT2D eigenvalue weighted by molar-refractivity contribution is 6.76. The molecule has 0 aliphatic carbocycles. The highest BCUT2D eigenvalue weighted by atomic mass is 28.3. The summed E-state index contributed by atoms with van der Waals surface area (Å²) in [6.45, 7) is 18.2. The molecule has 1 fully saturated rings. The molecule has 0 bridgehead atoms. The Bertz CT molecular complexity index is 879. The maximum Gasteiger partial charge on any atom is 0.272 e. The highest BCUT2D eigenvalue weighted by Gasteiger charge is 2.21. The number of H-pyrrole nitrogens is 1. The summed E-state index contributed by atoms with van der Waals surface area (Å²) in [6.07, 6.45) is 4.46. The van der Waals surface area contributed by atoms with E-state index in [1.807, 2.05) is 6.20 Å². The molecule has 1 aliphatic heterocycles. The van der Waals surface area contributed by atoms with E-state index in [1.165, 1.54) is 24.1 Å². The Morgan fingerprint density at radius 3 is 2.72 bits per heavy atom. The van der Waals surface area contributed by atoms with Crippen LogP contribution >= 0.6 is 0 Å². The van der Waals surface area contributed by atoms with E-state index < -0.39 is 8.07 Å². The van der Waals surface area contributed by atoms with Crippen LogP contribution in [0.2, 0.25) is 25.7 Å². The molecule has 29 heavy (non-hydrogen) atoms. The first-order chi connectivity index (χ1) is 13.7. The number of hydrogen-bond acceptors (Lipinski definition) is 3. The third-order valence-corrected chi connectivity index (χ3v) is 7.74. The third kappa shape index (κ3) is 5.62. The number of hydrogen-bond donors (Lipinski definition) is 1. The van der Waals surface area contributed by atoms with Gasteiger partial charge in [0.05, 0.1) is 0 Å². The van der Waals surface area contributed by atoms with Gasteiger partial charge in [-0.1, -0.05) is 40.4 Å². The summed E-state index contributed by atoms with van der Waals surface area (Å²) in [4.78, 5) is 18.3. The maximum atomic E-state index is 12.8. The smallest absolute Gasteiger partial charge is 0.272 e. The second kappa shape index (κ2) is 9.19. The minimum atomic E-state index is -1.13. The molecule has 162 valence electrons. The second-order valence-corrected chi connectivity index (χ2v) is 16.0. The largest absolute Gasteiger partial charge is 0.361 e. The average Bonchev–Trinajstić information content (AvgIpc) is 2.96. The lowest BCUT2D eigenvalue weighted by atomic mass is 10.00. The summed E-state index contributed by atoms with van der Waals surface area (Å²) < 4.78 is 8.22. The highest BCUT2D eigenvalue weighted by Crippen LogP contribution is 2.27. The minimum Gasteiger partial charge on any atom is -0.361 e. The van der Waals surface area contributed by atoms with Crippen LogP contribution in [-0.2, 0) is 18.0 Å². The van der Waals surface area contributed by atoms with Crippen LogP contribution in [0.15, 0.2) is 17.1 Å².